The van der Waals surface area contributed by atoms with Crippen LogP contribution in [0.1, 0.15) is 30.0 Å². The first-order valence-electron chi connectivity index (χ1n) is 10.7. The summed E-state index contributed by atoms with van der Waals surface area (Å²) in [6.45, 7) is 1.04. The third-order valence-electron chi connectivity index (χ3n) is 6.64. The van der Waals surface area contributed by atoms with Gasteiger partial charge in [0, 0.05) is 38.1 Å². The lowest BCUT2D eigenvalue weighted by Gasteiger charge is -2.45. The number of nitrogens with two attached hydrogens (primary N) is 1. The van der Waals surface area contributed by atoms with Gasteiger partial charge in [-0.25, -0.2) is 14.8 Å². The lowest BCUT2D eigenvalue weighted by molar-refractivity contribution is -0.138. The van der Waals surface area contributed by atoms with Crippen LogP contribution in [0.25, 0.3) is 11.2 Å². The Labute approximate surface area is 191 Å². The van der Waals surface area contributed by atoms with Crippen molar-refractivity contribution in [2.45, 2.75) is 30.6 Å². The predicted molar refractivity (Wildman–Crippen MR) is 118 cm³/mol. The second-order valence-electron chi connectivity index (χ2n) is 8.64. The van der Waals surface area contributed by atoms with Gasteiger partial charge in [-0.15, -0.1) is 0 Å². The minimum atomic E-state index is -4.63. The van der Waals surface area contributed by atoms with Gasteiger partial charge >= 0.3 is 12.2 Å². The number of carbonyl (C=O) groups excluding carboxylic acids is 1. The topological polar surface area (TPSA) is 113 Å². The molecular formula is C22H22F3N7O2. The van der Waals surface area contributed by atoms with E-state index in [1.165, 1.54) is 11.9 Å². The van der Waals surface area contributed by atoms with Crippen molar-refractivity contribution in [3.8, 4) is 0 Å². The van der Waals surface area contributed by atoms with Crippen LogP contribution >= 0.6 is 0 Å². The minimum Gasteiger partial charge on any atom is -0.355 e. The molecule has 0 radical (unpaired) electrons. The molecule has 5 rings (SSSR count). The Hall–Kier alpha value is -3.83. The van der Waals surface area contributed by atoms with Crippen LogP contribution in [-0.4, -0.2) is 49.1 Å². The molecular weight excluding hydrogens is 451 g/mol. The number of alkyl halides is 3. The van der Waals surface area contributed by atoms with Crippen LogP contribution in [-0.2, 0) is 13.2 Å². The van der Waals surface area contributed by atoms with Crippen LogP contribution in [0, 0.1) is 0 Å². The Morgan fingerprint density at radius 1 is 1.29 bits per heavy atom. The number of pyridine rings is 1. The number of carbonyl (C=O) groups is 1. The molecule has 178 valence electrons. The van der Waals surface area contributed by atoms with Crippen molar-refractivity contribution >= 4 is 23.0 Å². The van der Waals surface area contributed by atoms with Crippen molar-refractivity contribution in [3.05, 3.63) is 64.4 Å². The van der Waals surface area contributed by atoms with E-state index >= 15 is 0 Å². The Kier molecular flexibility index (Phi) is 4.92. The molecule has 12 heteroatoms. The second-order valence-corrected chi connectivity index (χ2v) is 8.64. The highest BCUT2D eigenvalue weighted by molar-refractivity contribution is 5.76. The normalized spacial score (nSPS) is 19.9. The molecule has 1 fully saturated rings. The number of nitrogens with one attached hydrogen (secondary N) is 1. The molecule has 2 aliphatic heterocycles. The van der Waals surface area contributed by atoms with Gasteiger partial charge in [-0.3, -0.25) is 4.79 Å². The lowest BCUT2D eigenvalue weighted by atomic mass is 9.87. The number of rotatable bonds is 2. The summed E-state index contributed by atoms with van der Waals surface area (Å²) in [6, 6.07) is 0.854. The average molecular weight is 473 g/mol. The molecule has 1 unspecified atom stereocenters. The number of H-pyrrole nitrogens is 1. The number of nitrogens with zero attached hydrogens (tertiary/aromatic N) is 5. The third kappa shape index (κ3) is 3.49. The first kappa shape index (κ1) is 22.0. The molecule has 1 saturated heterocycles. The Morgan fingerprint density at radius 3 is 2.71 bits per heavy atom. The molecule has 2 amide bonds. The van der Waals surface area contributed by atoms with Crippen molar-refractivity contribution in [3.63, 3.8) is 0 Å². The molecule has 9 nitrogen and oxygen atoms in total. The quantitative estimate of drug-likeness (QED) is 0.556. The van der Waals surface area contributed by atoms with Gasteiger partial charge in [-0.1, -0.05) is 12.2 Å². The predicted octanol–water partition coefficient (Wildman–Crippen LogP) is 2.71. The van der Waals surface area contributed by atoms with E-state index < -0.39 is 34.9 Å². The monoisotopic (exact) mass is 473 g/mol. The van der Waals surface area contributed by atoms with Crippen LogP contribution in [0.2, 0.25) is 0 Å². The highest BCUT2D eigenvalue weighted by Crippen LogP contribution is 2.43. The number of aromatic amines is 1. The molecule has 34 heavy (non-hydrogen) atoms. The van der Waals surface area contributed by atoms with Crippen molar-refractivity contribution in [1.82, 2.24) is 24.4 Å². The summed E-state index contributed by atoms with van der Waals surface area (Å²) in [7, 11) is 1.25. The van der Waals surface area contributed by atoms with Gasteiger partial charge in [-0.2, -0.15) is 13.2 Å². The number of aromatic nitrogens is 4. The number of halogens is 3. The van der Waals surface area contributed by atoms with Crippen molar-refractivity contribution in [2.24, 2.45) is 12.8 Å². The number of amides is 2. The number of aryl methyl sites for hydroxylation is 1. The second kappa shape index (κ2) is 7.61. The third-order valence-corrected chi connectivity index (χ3v) is 6.64. The Morgan fingerprint density at radius 2 is 2.03 bits per heavy atom. The molecule has 3 aromatic heterocycles. The van der Waals surface area contributed by atoms with E-state index in [1.807, 2.05) is 11.0 Å². The highest BCUT2D eigenvalue weighted by Gasteiger charge is 2.48. The smallest absolute Gasteiger partial charge is 0.355 e. The van der Waals surface area contributed by atoms with Crippen LogP contribution in [0.5, 0.6) is 0 Å². The molecule has 3 aromatic rings. The van der Waals surface area contributed by atoms with E-state index in [0.29, 0.717) is 37.4 Å². The summed E-state index contributed by atoms with van der Waals surface area (Å²) >= 11 is 0. The van der Waals surface area contributed by atoms with E-state index in [-0.39, 0.29) is 5.56 Å². The van der Waals surface area contributed by atoms with Crippen molar-refractivity contribution in [1.29, 1.82) is 0 Å². The lowest BCUT2D eigenvalue weighted by Crippen LogP contribution is -2.56. The van der Waals surface area contributed by atoms with Gasteiger partial charge in [-0.05, 0) is 25.0 Å². The maximum atomic E-state index is 13.4. The first-order chi connectivity index (χ1) is 16.1. The van der Waals surface area contributed by atoms with Crippen molar-refractivity contribution in [2.75, 3.05) is 18.0 Å². The number of urea groups is 1. The molecule has 5 heterocycles. The average Bonchev–Trinajstić information content (AvgIpc) is 3.40. The number of hydrogen-bond donors (Lipinski definition) is 2. The Bertz CT molecular complexity index is 1350. The summed E-state index contributed by atoms with van der Waals surface area (Å²) in [4.78, 5) is 40.6. The van der Waals surface area contributed by atoms with E-state index in [2.05, 4.69) is 15.0 Å². The molecule has 0 aromatic carbocycles. The Balaban J connectivity index is 1.44. The zero-order chi connectivity index (χ0) is 24.3. The molecule has 1 atom stereocenters. The van der Waals surface area contributed by atoms with E-state index in [0.717, 1.165) is 22.3 Å². The molecule has 3 N–H and O–H groups in total. The zero-order valence-corrected chi connectivity index (χ0v) is 18.2. The summed E-state index contributed by atoms with van der Waals surface area (Å²) < 4.78 is 41.1. The van der Waals surface area contributed by atoms with Crippen molar-refractivity contribution < 1.29 is 18.0 Å². The van der Waals surface area contributed by atoms with Gasteiger partial charge in [0.05, 0.1) is 23.3 Å². The summed E-state index contributed by atoms with van der Waals surface area (Å²) in [5.74, 6) is 0.692. The fourth-order valence-corrected chi connectivity index (χ4v) is 4.92. The number of piperidine rings is 1. The van der Waals surface area contributed by atoms with Gasteiger partial charge < -0.3 is 25.1 Å². The van der Waals surface area contributed by atoms with Crippen LogP contribution < -0.4 is 16.2 Å². The summed E-state index contributed by atoms with van der Waals surface area (Å²) in [5, 5.41) is 0. The fourth-order valence-electron chi connectivity index (χ4n) is 4.92. The first-order valence-corrected chi connectivity index (χ1v) is 10.7. The molecule has 0 saturated carbocycles. The van der Waals surface area contributed by atoms with E-state index in [4.69, 9.17) is 5.73 Å². The summed E-state index contributed by atoms with van der Waals surface area (Å²) in [5.41, 5.74) is 4.61. The standard InChI is InChI=1S/C22H22F3N7O2/c1-30-12-13(22(23,24)25)10-14(19(30)33)16-2-4-21(32(16)20(26)34)5-8-31(9-6-21)17-11-28-18-15(29-17)3-7-27-18/h2-4,7,10-12,16H,5-6,8-9H2,1H3,(H2,26,34)(H,27,28). The van der Waals surface area contributed by atoms with E-state index in [1.54, 1.807) is 24.5 Å². The van der Waals surface area contributed by atoms with E-state index in [9.17, 15) is 22.8 Å². The molecule has 0 bridgehead atoms. The van der Waals surface area contributed by atoms with Gasteiger partial charge in [0.2, 0.25) is 0 Å². The zero-order valence-electron chi connectivity index (χ0n) is 18.2. The van der Waals surface area contributed by atoms with Gasteiger partial charge in [0.1, 0.15) is 11.3 Å². The van der Waals surface area contributed by atoms with Crippen LogP contribution in [0.4, 0.5) is 23.8 Å². The SMILES string of the molecule is Cn1cc(C(F)(F)F)cc(C2C=CC3(CCN(c4cnc5[nH]ccc5n4)CC3)N2C(N)=O)c1=O. The highest BCUT2D eigenvalue weighted by atomic mass is 19.4. The minimum absolute atomic E-state index is 0.143. The molecule has 2 aliphatic rings. The maximum absolute atomic E-state index is 13.4. The van der Waals surface area contributed by atoms with Crippen LogP contribution in [0.3, 0.4) is 0 Å². The maximum Gasteiger partial charge on any atom is 0.417 e. The molecule has 0 aliphatic carbocycles. The number of hydrogen-bond acceptors (Lipinski definition) is 5. The largest absolute Gasteiger partial charge is 0.417 e. The number of fused-ring (bicyclic) bond motifs is 1. The summed E-state index contributed by atoms with van der Waals surface area (Å²) in [6.07, 6.45) is 3.86. The van der Waals surface area contributed by atoms with Gasteiger partial charge in [0.25, 0.3) is 5.56 Å². The van der Waals surface area contributed by atoms with Gasteiger partial charge in [0.15, 0.2) is 5.65 Å². The number of primary amides is 1. The number of anilines is 1. The van der Waals surface area contributed by atoms with Crippen LogP contribution in [0.15, 0.2) is 47.7 Å². The molecule has 1 spiro atoms. The fraction of sp³-hybridized carbons (Fsp3) is 0.364.